The van der Waals surface area contributed by atoms with Crippen LogP contribution in [-0.2, 0) is 16.6 Å². The molecule has 0 amide bonds. The normalized spacial score (nSPS) is 11.4. The first-order valence-corrected chi connectivity index (χ1v) is 7.60. The van der Waals surface area contributed by atoms with Crippen molar-refractivity contribution in [3.63, 3.8) is 0 Å². The fraction of sp³-hybridized carbons (Fsp3) is 0.200. The molecule has 2 rings (SSSR count). The molecule has 0 atom stereocenters. The Morgan fingerprint density at radius 3 is 2.79 bits per heavy atom. The molecule has 0 saturated heterocycles. The Morgan fingerprint density at radius 1 is 1.53 bits per heavy atom. The Kier molecular flexibility index (Phi) is 3.58. The van der Waals surface area contributed by atoms with E-state index in [2.05, 4.69) is 9.71 Å². The highest BCUT2D eigenvalue weighted by atomic mass is 32.2. The summed E-state index contributed by atoms with van der Waals surface area (Å²) in [5, 5.41) is 8.91. The molecule has 0 saturated carbocycles. The minimum Gasteiger partial charge on any atom is -0.477 e. The smallest absolute Gasteiger partial charge is 0.345 e. The number of nitrogens with one attached hydrogen (secondary N) is 1. The van der Waals surface area contributed by atoms with Gasteiger partial charge in [0.2, 0.25) is 0 Å². The van der Waals surface area contributed by atoms with Crippen LogP contribution in [0.4, 0.5) is 5.00 Å². The lowest BCUT2D eigenvalue weighted by Crippen LogP contribution is -2.12. The highest BCUT2D eigenvalue weighted by Gasteiger charge is 2.19. The fourth-order valence-electron chi connectivity index (χ4n) is 1.34. The lowest BCUT2D eigenvalue weighted by molar-refractivity contribution is 0.0702. The second kappa shape index (κ2) is 5.02. The second-order valence-electron chi connectivity index (χ2n) is 3.62. The zero-order valence-corrected chi connectivity index (χ0v) is 11.5. The summed E-state index contributed by atoms with van der Waals surface area (Å²) in [4.78, 5) is 14.6. The number of hydrogen-bond acceptors (Lipinski definition) is 5. The molecule has 2 aromatic heterocycles. The quantitative estimate of drug-likeness (QED) is 0.870. The van der Waals surface area contributed by atoms with Crippen LogP contribution in [0.1, 0.15) is 16.6 Å². The van der Waals surface area contributed by atoms with Crippen molar-refractivity contribution in [3.8, 4) is 0 Å². The molecule has 0 spiro atoms. The van der Waals surface area contributed by atoms with Crippen molar-refractivity contribution < 1.29 is 18.3 Å². The molecular weight excluding hydrogens is 290 g/mol. The number of carbonyl (C=O) groups is 1. The first kappa shape index (κ1) is 13.6. The second-order valence-corrected chi connectivity index (χ2v) is 6.33. The maximum atomic E-state index is 12.0. The summed E-state index contributed by atoms with van der Waals surface area (Å²) in [7, 11) is -3.78. The van der Waals surface area contributed by atoms with Gasteiger partial charge in [-0.25, -0.2) is 9.78 Å². The molecule has 0 fully saturated rings. The lowest BCUT2D eigenvalue weighted by Gasteiger charge is -2.01. The van der Waals surface area contributed by atoms with E-state index in [1.54, 1.807) is 4.57 Å². The lowest BCUT2D eigenvalue weighted by atomic mass is 10.5. The van der Waals surface area contributed by atoms with Crippen molar-refractivity contribution in [1.82, 2.24) is 9.55 Å². The average Bonchev–Trinajstić information content (AvgIpc) is 2.96. The molecule has 102 valence electrons. The van der Waals surface area contributed by atoms with E-state index in [1.807, 2.05) is 6.92 Å². The number of rotatable bonds is 5. The minimum atomic E-state index is -3.78. The molecule has 0 aliphatic heterocycles. The number of carboxylic acid groups (broad SMARTS) is 1. The number of aromatic nitrogens is 2. The van der Waals surface area contributed by atoms with Gasteiger partial charge in [0.1, 0.15) is 9.88 Å². The van der Waals surface area contributed by atoms with E-state index in [-0.39, 0.29) is 14.9 Å². The van der Waals surface area contributed by atoms with Crippen LogP contribution in [0.5, 0.6) is 0 Å². The molecule has 0 aliphatic carbocycles. The summed E-state index contributed by atoms with van der Waals surface area (Å²) in [5.41, 5.74) is 0. The van der Waals surface area contributed by atoms with E-state index in [0.717, 1.165) is 11.3 Å². The number of aromatic carboxylic acids is 1. The topological polar surface area (TPSA) is 101 Å². The highest BCUT2D eigenvalue weighted by molar-refractivity contribution is 7.92. The fourth-order valence-corrected chi connectivity index (χ4v) is 3.33. The van der Waals surface area contributed by atoms with Gasteiger partial charge in [-0.3, -0.25) is 4.72 Å². The SMILES string of the molecule is CCn1cnc(S(=O)(=O)Nc2ccc(C(=O)O)s2)c1. The van der Waals surface area contributed by atoms with Gasteiger partial charge in [-0.1, -0.05) is 0 Å². The molecule has 0 aliphatic rings. The van der Waals surface area contributed by atoms with Crippen LogP contribution in [0.3, 0.4) is 0 Å². The van der Waals surface area contributed by atoms with E-state index >= 15 is 0 Å². The van der Waals surface area contributed by atoms with Crippen molar-refractivity contribution in [1.29, 1.82) is 0 Å². The van der Waals surface area contributed by atoms with Crippen LogP contribution in [0.25, 0.3) is 0 Å². The summed E-state index contributed by atoms with van der Waals surface area (Å²) in [6.45, 7) is 2.48. The van der Waals surface area contributed by atoms with E-state index in [4.69, 9.17) is 5.11 Å². The van der Waals surface area contributed by atoms with Crippen LogP contribution in [0.15, 0.2) is 29.7 Å². The number of sulfonamides is 1. The van der Waals surface area contributed by atoms with Gasteiger partial charge in [-0.15, -0.1) is 11.3 Å². The Labute approximate surface area is 113 Å². The van der Waals surface area contributed by atoms with Gasteiger partial charge in [-0.2, -0.15) is 8.42 Å². The van der Waals surface area contributed by atoms with E-state index in [0.29, 0.717) is 6.54 Å². The molecule has 7 nitrogen and oxygen atoms in total. The molecule has 0 aromatic carbocycles. The molecule has 0 bridgehead atoms. The van der Waals surface area contributed by atoms with Gasteiger partial charge in [-0.05, 0) is 19.1 Å². The number of hydrogen-bond donors (Lipinski definition) is 2. The van der Waals surface area contributed by atoms with Crippen LogP contribution >= 0.6 is 11.3 Å². The molecule has 2 aromatic rings. The van der Waals surface area contributed by atoms with Gasteiger partial charge in [0.15, 0.2) is 5.03 Å². The number of anilines is 1. The van der Waals surface area contributed by atoms with Crippen LogP contribution in [-0.4, -0.2) is 29.0 Å². The first-order chi connectivity index (χ1) is 8.92. The summed E-state index contributed by atoms with van der Waals surface area (Å²) in [6, 6.07) is 2.75. The summed E-state index contributed by atoms with van der Waals surface area (Å²) in [5.74, 6) is -1.09. The Morgan fingerprint density at radius 2 is 2.26 bits per heavy atom. The van der Waals surface area contributed by atoms with Gasteiger partial charge >= 0.3 is 5.97 Å². The Balaban J connectivity index is 2.23. The summed E-state index contributed by atoms with van der Waals surface area (Å²) >= 11 is 0.851. The summed E-state index contributed by atoms with van der Waals surface area (Å²) < 4.78 is 27.9. The molecule has 0 unspecified atom stereocenters. The molecule has 0 radical (unpaired) electrons. The third-order valence-corrected chi connectivity index (χ3v) is 4.67. The zero-order valence-electron chi connectivity index (χ0n) is 9.90. The predicted molar refractivity (Wildman–Crippen MR) is 70.0 cm³/mol. The average molecular weight is 301 g/mol. The molecule has 19 heavy (non-hydrogen) atoms. The minimum absolute atomic E-state index is 0.0665. The maximum Gasteiger partial charge on any atom is 0.345 e. The van der Waals surface area contributed by atoms with Crippen molar-refractivity contribution in [2.24, 2.45) is 0 Å². The van der Waals surface area contributed by atoms with Crippen LogP contribution < -0.4 is 4.72 Å². The highest BCUT2D eigenvalue weighted by Crippen LogP contribution is 2.24. The third kappa shape index (κ3) is 2.93. The number of imidazole rings is 1. The Bertz CT molecular complexity index is 702. The van der Waals surface area contributed by atoms with E-state index in [9.17, 15) is 13.2 Å². The molecule has 2 heterocycles. The van der Waals surface area contributed by atoms with E-state index in [1.165, 1.54) is 24.7 Å². The van der Waals surface area contributed by atoms with Crippen molar-refractivity contribution in [3.05, 3.63) is 29.5 Å². The number of aryl methyl sites for hydroxylation is 1. The predicted octanol–water partition coefficient (Wildman–Crippen LogP) is 1.46. The largest absolute Gasteiger partial charge is 0.477 e. The van der Waals surface area contributed by atoms with Crippen molar-refractivity contribution in [2.75, 3.05) is 4.72 Å². The number of nitrogens with zero attached hydrogens (tertiary/aromatic N) is 2. The van der Waals surface area contributed by atoms with Crippen LogP contribution in [0.2, 0.25) is 0 Å². The monoisotopic (exact) mass is 301 g/mol. The molecule has 9 heteroatoms. The van der Waals surface area contributed by atoms with Gasteiger partial charge in [0, 0.05) is 12.7 Å². The summed E-state index contributed by atoms with van der Waals surface area (Å²) in [6.07, 6.45) is 2.83. The number of thiophene rings is 1. The number of carboxylic acids is 1. The maximum absolute atomic E-state index is 12.0. The van der Waals surface area contributed by atoms with Crippen molar-refractivity contribution >= 4 is 32.3 Å². The third-order valence-electron chi connectivity index (χ3n) is 2.30. The van der Waals surface area contributed by atoms with Gasteiger partial charge in [0.05, 0.1) is 6.33 Å². The standard InChI is InChI=1S/C10H11N3O4S2/c1-2-13-5-9(11-6-13)19(16,17)12-8-4-3-7(18-8)10(14)15/h3-6,12H,2H2,1H3,(H,14,15). The molecular formula is C10H11N3O4S2. The first-order valence-electron chi connectivity index (χ1n) is 5.30. The Hall–Kier alpha value is -1.87. The van der Waals surface area contributed by atoms with E-state index < -0.39 is 16.0 Å². The van der Waals surface area contributed by atoms with Crippen molar-refractivity contribution in [2.45, 2.75) is 18.5 Å². The molecule has 2 N–H and O–H groups in total. The zero-order chi connectivity index (χ0) is 14.0. The van der Waals surface area contributed by atoms with Gasteiger partial charge in [0.25, 0.3) is 10.0 Å². The van der Waals surface area contributed by atoms with Gasteiger partial charge < -0.3 is 9.67 Å². The van der Waals surface area contributed by atoms with Crippen LogP contribution in [0, 0.1) is 0 Å².